The Bertz CT molecular complexity index is 1590. The van der Waals surface area contributed by atoms with Crippen LogP contribution < -0.4 is 10.2 Å². The number of fused-ring (bicyclic) bond motifs is 3. The van der Waals surface area contributed by atoms with Crippen molar-refractivity contribution in [3.05, 3.63) is 95.3 Å². The summed E-state index contributed by atoms with van der Waals surface area (Å²) in [7, 11) is 0. The van der Waals surface area contributed by atoms with E-state index in [2.05, 4.69) is 47.2 Å². The third-order valence-corrected chi connectivity index (χ3v) is 8.97. The van der Waals surface area contributed by atoms with Crippen LogP contribution in [-0.2, 0) is 16.1 Å². The normalized spacial score (nSPS) is 19.1. The number of amides is 2. The van der Waals surface area contributed by atoms with Crippen LogP contribution in [0.15, 0.2) is 72.8 Å². The van der Waals surface area contributed by atoms with Crippen molar-refractivity contribution in [2.45, 2.75) is 52.2 Å². The molecule has 0 spiro atoms. The molecule has 1 N–H and O–H groups in total. The maximum atomic E-state index is 14.0. The molecule has 224 valence electrons. The minimum atomic E-state index is -0.625. The van der Waals surface area contributed by atoms with E-state index in [0.717, 1.165) is 61.6 Å². The summed E-state index contributed by atoms with van der Waals surface area (Å²) in [4.78, 5) is 39.0. The van der Waals surface area contributed by atoms with Crippen LogP contribution in [0, 0.1) is 13.8 Å². The molecule has 2 amide bonds. The van der Waals surface area contributed by atoms with E-state index < -0.39 is 6.04 Å². The average molecular weight is 579 g/mol. The minimum Gasteiger partial charge on any atom is -0.369 e. The third kappa shape index (κ3) is 6.15. The summed E-state index contributed by atoms with van der Waals surface area (Å²) in [6.45, 7) is 12.4. The minimum absolute atomic E-state index is 0.0381. The lowest BCUT2D eigenvalue weighted by Gasteiger charge is -2.38. The number of aromatic nitrogens is 2. The maximum Gasteiger partial charge on any atom is 0.247 e. The Hall–Kier alpha value is -4.17. The van der Waals surface area contributed by atoms with Crippen molar-refractivity contribution in [1.82, 2.24) is 24.7 Å². The van der Waals surface area contributed by atoms with Crippen LogP contribution in [0.3, 0.4) is 0 Å². The third-order valence-electron chi connectivity index (χ3n) is 8.97. The van der Waals surface area contributed by atoms with E-state index >= 15 is 0 Å². The highest BCUT2D eigenvalue weighted by atomic mass is 16.2. The lowest BCUT2D eigenvalue weighted by Crippen LogP contribution is -2.47. The number of nitrogens with zero attached hydrogens (tertiary/aromatic N) is 5. The highest BCUT2D eigenvalue weighted by Crippen LogP contribution is 2.37. The Morgan fingerprint density at radius 1 is 0.953 bits per heavy atom. The Labute approximate surface area is 254 Å². The molecule has 0 radical (unpaired) electrons. The van der Waals surface area contributed by atoms with Crippen LogP contribution >= 0.6 is 0 Å². The molecular weight excluding hydrogens is 536 g/mol. The summed E-state index contributed by atoms with van der Waals surface area (Å²) < 4.78 is 2.00. The SMILES string of the molecule is Cc1ccc(C)c(N2CCN(CCCNC(=O)CC3C(=O)N(Cc4ccccc4)C(C)c4nc5ccccc5n43)CC2)c1. The van der Waals surface area contributed by atoms with Crippen LogP contribution in [0.25, 0.3) is 11.0 Å². The molecular formula is C35H42N6O2. The first kappa shape index (κ1) is 28.9. The van der Waals surface area contributed by atoms with E-state index in [1.165, 1.54) is 16.8 Å². The van der Waals surface area contributed by atoms with Gasteiger partial charge in [0.1, 0.15) is 11.9 Å². The second-order valence-corrected chi connectivity index (χ2v) is 12.0. The fourth-order valence-corrected chi connectivity index (χ4v) is 6.54. The van der Waals surface area contributed by atoms with E-state index in [9.17, 15) is 9.59 Å². The highest BCUT2D eigenvalue weighted by Gasteiger charge is 2.40. The maximum absolute atomic E-state index is 14.0. The van der Waals surface area contributed by atoms with E-state index in [4.69, 9.17) is 4.98 Å². The summed E-state index contributed by atoms with van der Waals surface area (Å²) in [5.41, 5.74) is 6.77. The Morgan fingerprint density at radius 2 is 1.70 bits per heavy atom. The van der Waals surface area contributed by atoms with Gasteiger partial charge >= 0.3 is 0 Å². The van der Waals surface area contributed by atoms with Gasteiger partial charge in [-0.1, -0.05) is 54.6 Å². The summed E-state index contributed by atoms with van der Waals surface area (Å²) >= 11 is 0. The molecule has 1 fully saturated rings. The summed E-state index contributed by atoms with van der Waals surface area (Å²) in [5.74, 6) is 0.689. The summed E-state index contributed by atoms with van der Waals surface area (Å²) in [6, 6.07) is 23.7. The predicted octanol–water partition coefficient (Wildman–Crippen LogP) is 5.02. The number of benzene rings is 3. The van der Waals surface area contributed by atoms with Gasteiger partial charge in [-0.2, -0.15) is 0 Å². The van der Waals surface area contributed by atoms with Crippen molar-refractivity contribution < 1.29 is 9.59 Å². The first-order valence-electron chi connectivity index (χ1n) is 15.5. The van der Waals surface area contributed by atoms with E-state index in [0.29, 0.717) is 13.1 Å². The van der Waals surface area contributed by atoms with Crippen LogP contribution in [0.5, 0.6) is 0 Å². The van der Waals surface area contributed by atoms with Crippen molar-refractivity contribution in [2.75, 3.05) is 44.2 Å². The van der Waals surface area contributed by atoms with Gasteiger partial charge in [0.25, 0.3) is 0 Å². The molecule has 43 heavy (non-hydrogen) atoms. The number of anilines is 1. The number of carbonyl (C=O) groups excluding carboxylic acids is 2. The fraction of sp³-hybridized carbons (Fsp3) is 0.400. The average Bonchev–Trinajstić information content (AvgIpc) is 3.41. The van der Waals surface area contributed by atoms with Crippen LogP contribution in [-0.4, -0.2) is 70.4 Å². The van der Waals surface area contributed by atoms with Crippen molar-refractivity contribution in [3.8, 4) is 0 Å². The van der Waals surface area contributed by atoms with Gasteiger partial charge in [-0.3, -0.25) is 14.5 Å². The fourth-order valence-electron chi connectivity index (χ4n) is 6.54. The van der Waals surface area contributed by atoms with Crippen molar-refractivity contribution in [1.29, 1.82) is 0 Å². The molecule has 2 aliphatic heterocycles. The number of para-hydroxylation sites is 2. The summed E-state index contributed by atoms with van der Waals surface area (Å²) in [5, 5.41) is 3.10. The first-order valence-corrected chi connectivity index (χ1v) is 15.5. The topological polar surface area (TPSA) is 73.7 Å². The molecule has 0 aliphatic carbocycles. The number of hydrogen-bond donors (Lipinski definition) is 1. The van der Waals surface area contributed by atoms with E-state index in [1.807, 2.05) is 71.0 Å². The highest BCUT2D eigenvalue weighted by molar-refractivity contribution is 5.90. The number of nitrogens with one attached hydrogen (secondary N) is 1. The van der Waals surface area contributed by atoms with Gasteiger partial charge < -0.3 is 19.7 Å². The van der Waals surface area contributed by atoms with Crippen LogP contribution in [0.1, 0.15) is 54.4 Å². The van der Waals surface area contributed by atoms with Gasteiger partial charge in [-0.15, -0.1) is 0 Å². The molecule has 8 nitrogen and oxygen atoms in total. The zero-order valence-corrected chi connectivity index (χ0v) is 25.5. The van der Waals surface area contributed by atoms with Crippen molar-refractivity contribution in [3.63, 3.8) is 0 Å². The number of piperazine rings is 1. The molecule has 3 aromatic carbocycles. The second-order valence-electron chi connectivity index (χ2n) is 12.0. The molecule has 6 rings (SSSR count). The molecule has 0 saturated carbocycles. The number of carbonyl (C=O) groups is 2. The Kier molecular flexibility index (Phi) is 8.47. The molecule has 2 unspecified atom stereocenters. The van der Waals surface area contributed by atoms with Gasteiger partial charge in [-0.05, 0) is 68.6 Å². The number of imidazole rings is 1. The number of hydrogen-bond acceptors (Lipinski definition) is 5. The lowest BCUT2D eigenvalue weighted by atomic mass is 10.0. The summed E-state index contributed by atoms with van der Waals surface area (Å²) in [6.07, 6.45) is 0.975. The first-order chi connectivity index (χ1) is 20.9. The molecule has 1 saturated heterocycles. The molecule has 2 aliphatic rings. The quantitative estimate of drug-likeness (QED) is 0.283. The molecule has 3 heterocycles. The van der Waals surface area contributed by atoms with Gasteiger partial charge in [0.15, 0.2) is 0 Å². The Morgan fingerprint density at radius 3 is 2.49 bits per heavy atom. The smallest absolute Gasteiger partial charge is 0.247 e. The van der Waals surface area contributed by atoms with Crippen molar-refractivity contribution >= 4 is 28.5 Å². The molecule has 0 bridgehead atoms. The standard InChI is InChI=1S/C35H42N6O2/c1-25-14-15-26(2)31(22-25)39-20-18-38(19-21-39)17-9-16-36-33(42)23-32-35(43)40(24-28-10-5-4-6-11-28)27(3)34-37-29-12-7-8-13-30(29)41(32)34/h4-8,10-15,22,27,32H,9,16-21,23-24H2,1-3H3,(H,36,42). The van der Waals surface area contributed by atoms with Gasteiger partial charge in [-0.25, -0.2) is 4.98 Å². The number of rotatable bonds is 9. The second kappa shape index (κ2) is 12.6. The lowest BCUT2D eigenvalue weighted by molar-refractivity contribution is -0.142. The number of aryl methyl sites for hydroxylation is 2. The molecule has 1 aromatic heterocycles. The van der Waals surface area contributed by atoms with E-state index in [-0.39, 0.29) is 24.3 Å². The van der Waals surface area contributed by atoms with Gasteiger partial charge in [0.2, 0.25) is 11.8 Å². The van der Waals surface area contributed by atoms with E-state index in [1.54, 1.807) is 0 Å². The predicted molar refractivity (Wildman–Crippen MR) is 171 cm³/mol. The van der Waals surface area contributed by atoms with Gasteiger partial charge in [0, 0.05) is 45.0 Å². The molecule has 2 atom stereocenters. The van der Waals surface area contributed by atoms with Crippen LogP contribution in [0.4, 0.5) is 5.69 Å². The molecule has 4 aromatic rings. The largest absolute Gasteiger partial charge is 0.369 e. The van der Waals surface area contributed by atoms with Crippen molar-refractivity contribution in [2.24, 2.45) is 0 Å². The zero-order valence-electron chi connectivity index (χ0n) is 25.5. The Balaban J connectivity index is 1.06. The zero-order chi connectivity index (χ0) is 29.9. The monoisotopic (exact) mass is 578 g/mol. The molecule has 8 heteroatoms. The van der Waals surface area contributed by atoms with Gasteiger partial charge in [0.05, 0.1) is 23.5 Å². The van der Waals surface area contributed by atoms with Crippen LogP contribution in [0.2, 0.25) is 0 Å².